The normalized spacial score (nSPS) is 11.8. The number of carbonyl (C=O) groups excluding carboxylic acids is 1. The number of carbonyl (C=O) groups is 2. The lowest BCUT2D eigenvalue weighted by molar-refractivity contribution is -0.147. The van der Waals surface area contributed by atoms with E-state index in [1.807, 2.05) is 0 Å². The van der Waals surface area contributed by atoms with Crippen molar-refractivity contribution >= 4 is 12.0 Å². The van der Waals surface area contributed by atoms with Gasteiger partial charge in [-0.1, -0.05) is 5.16 Å². The van der Waals surface area contributed by atoms with Gasteiger partial charge in [0.25, 0.3) is 0 Å². The van der Waals surface area contributed by atoms with Crippen LogP contribution in [0.4, 0.5) is 4.79 Å². The predicted octanol–water partition coefficient (Wildman–Crippen LogP) is -0.989. The molecule has 1 aromatic heterocycles. The van der Waals surface area contributed by atoms with Crippen LogP contribution in [-0.4, -0.2) is 53.6 Å². The first-order chi connectivity index (χ1) is 8.63. The number of aliphatic carboxylic acids is 1. The van der Waals surface area contributed by atoms with Crippen LogP contribution in [0, 0.1) is 0 Å². The minimum absolute atomic E-state index is 0.111. The summed E-state index contributed by atoms with van der Waals surface area (Å²) in [5.74, 6) is -0.653. The molecule has 18 heavy (non-hydrogen) atoms. The molecular formula is C9H14N4O5. The van der Waals surface area contributed by atoms with E-state index in [9.17, 15) is 9.59 Å². The summed E-state index contributed by atoms with van der Waals surface area (Å²) in [4.78, 5) is 25.6. The van der Waals surface area contributed by atoms with Crippen LogP contribution in [0.25, 0.3) is 0 Å². The standard InChI is InChI=1S/C9H14N4O5/c1-17-6(8(14)15)4-11-9(16)10-3-2-7-12-5-18-13-7/h5-6H,2-4H2,1H3,(H,14,15)(H2,10,11,16). The molecule has 1 aromatic rings. The molecule has 1 atom stereocenters. The molecule has 0 aliphatic rings. The minimum atomic E-state index is -1.13. The molecule has 0 bridgehead atoms. The average Bonchev–Trinajstić information content (AvgIpc) is 2.82. The van der Waals surface area contributed by atoms with Crippen LogP contribution in [0.1, 0.15) is 5.82 Å². The Morgan fingerprint density at radius 1 is 1.56 bits per heavy atom. The van der Waals surface area contributed by atoms with E-state index >= 15 is 0 Å². The van der Waals surface area contributed by atoms with Crippen molar-refractivity contribution in [2.45, 2.75) is 12.5 Å². The van der Waals surface area contributed by atoms with Gasteiger partial charge in [0.2, 0.25) is 6.39 Å². The highest BCUT2D eigenvalue weighted by atomic mass is 16.5. The summed E-state index contributed by atoms with van der Waals surface area (Å²) in [6.07, 6.45) is 0.565. The minimum Gasteiger partial charge on any atom is -0.479 e. The Morgan fingerprint density at radius 2 is 2.33 bits per heavy atom. The number of methoxy groups -OCH3 is 1. The van der Waals surface area contributed by atoms with Gasteiger partial charge >= 0.3 is 12.0 Å². The number of ether oxygens (including phenoxy) is 1. The Kier molecular flexibility index (Phi) is 5.58. The highest BCUT2D eigenvalue weighted by Crippen LogP contribution is 1.89. The van der Waals surface area contributed by atoms with E-state index in [0.29, 0.717) is 18.8 Å². The van der Waals surface area contributed by atoms with Gasteiger partial charge in [0, 0.05) is 20.1 Å². The van der Waals surface area contributed by atoms with Crippen molar-refractivity contribution in [1.82, 2.24) is 20.8 Å². The van der Waals surface area contributed by atoms with Gasteiger partial charge in [0.1, 0.15) is 0 Å². The average molecular weight is 258 g/mol. The molecule has 0 aromatic carbocycles. The van der Waals surface area contributed by atoms with Gasteiger partial charge in [0.05, 0.1) is 6.54 Å². The molecule has 0 saturated heterocycles. The van der Waals surface area contributed by atoms with Gasteiger partial charge in [-0.3, -0.25) is 0 Å². The van der Waals surface area contributed by atoms with Crippen LogP contribution in [0.2, 0.25) is 0 Å². The first-order valence-electron chi connectivity index (χ1n) is 5.16. The van der Waals surface area contributed by atoms with Crippen molar-refractivity contribution in [2.75, 3.05) is 20.2 Å². The van der Waals surface area contributed by atoms with E-state index in [4.69, 9.17) is 5.11 Å². The van der Waals surface area contributed by atoms with E-state index in [1.165, 1.54) is 13.5 Å². The van der Waals surface area contributed by atoms with Gasteiger partial charge in [-0.15, -0.1) is 0 Å². The molecule has 2 amide bonds. The Balaban J connectivity index is 2.15. The van der Waals surface area contributed by atoms with E-state index in [1.54, 1.807) is 0 Å². The quantitative estimate of drug-likeness (QED) is 0.573. The zero-order valence-electron chi connectivity index (χ0n) is 9.75. The number of hydrogen-bond acceptors (Lipinski definition) is 6. The molecule has 1 unspecified atom stereocenters. The third-order valence-corrected chi connectivity index (χ3v) is 2.05. The SMILES string of the molecule is COC(CNC(=O)NCCc1ncon1)C(=O)O. The lowest BCUT2D eigenvalue weighted by Gasteiger charge is -2.11. The number of carboxylic acid groups (broad SMARTS) is 1. The summed E-state index contributed by atoms with van der Waals surface area (Å²) in [6, 6.07) is -0.484. The van der Waals surface area contributed by atoms with Crippen LogP contribution in [-0.2, 0) is 16.0 Å². The van der Waals surface area contributed by atoms with Crippen molar-refractivity contribution in [3.05, 3.63) is 12.2 Å². The van der Waals surface area contributed by atoms with Crippen LogP contribution in [0.5, 0.6) is 0 Å². The second-order valence-electron chi connectivity index (χ2n) is 3.30. The summed E-state index contributed by atoms with van der Waals surface area (Å²) in [5, 5.41) is 17.1. The summed E-state index contributed by atoms with van der Waals surface area (Å²) in [7, 11) is 1.26. The Labute approximate surface area is 103 Å². The summed E-state index contributed by atoms with van der Waals surface area (Å²) in [6.45, 7) is 0.204. The van der Waals surface area contributed by atoms with Gasteiger partial charge in [0.15, 0.2) is 11.9 Å². The lowest BCUT2D eigenvalue weighted by atomic mass is 10.3. The Bertz CT molecular complexity index is 380. The van der Waals surface area contributed by atoms with Gasteiger partial charge in [-0.05, 0) is 0 Å². The highest BCUT2D eigenvalue weighted by molar-refractivity contribution is 5.76. The molecule has 0 radical (unpaired) electrons. The van der Waals surface area contributed by atoms with Crippen LogP contribution >= 0.6 is 0 Å². The topological polar surface area (TPSA) is 127 Å². The van der Waals surface area contributed by atoms with Crippen LogP contribution in [0.3, 0.4) is 0 Å². The highest BCUT2D eigenvalue weighted by Gasteiger charge is 2.16. The summed E-state index contributed by atoms with van der Waals surface area (Å²) < 4.78 is 9.17. The molecule has 0 spiro atoms. The second-order valence-corrected chi connectivity index (χ2v) is 3.30. The number of carboxylic acids is 1. The molecule has 9 nitrogen and oxygen atoms in total. The van der Waals surface area contributed by atoms with E-state index in [2.05, 4.69) is 30.0 Å². The molecule has 0 aliphatic carbocycles. The molecule has 0 aliphatic heterocycles. The van der Waals surface area contributed by atoms with E-state index < -0.39 is 18.1 Å². The zero-order valence-corrected chi connectivity index (χ0v) is 9.75. The largest absolute Gasteiger partial charge is 0.479 e. The molecule has 1 heterocycles. The number of nitrogens with zero attached hydrogens (tertiary/aromatic N) is 2. The van der Waals surface area contributed by atoms with Crippen molar-refractivity contribution in [3.8, 4) is 0 Å². The summed E-state index contributed by atoms with van der Waals surface area (Å²) >= 11 is 0. The molecule has 3 N–H and O–H groups in total. The van der Waals surface area contributed by atoms with Gasteiger partial charge in [-0.2, -0.15) is 4.98 Å². The first kappa shape index (κ1) is 13.9. The number of amides is 2. The molecule has 9 heteroatoms. The zero-order chi connectivity index (χ0) is 13.4. The molecule has 100 valence electrons. The van der Waals surface area contributed by atoms with Crippen molar-refractivity contribution in [1.29, 1.82) is 0 Å². The van der Waals surface area contributed by atoms with Crippen LogP contribution < -0.4 is 10.6 Å². The monoisotopic (exact) mass is 258 g/mol. The number of aromatic nitrogens is 2. The lowest BCUT2D eigenvalue weighted by Crippen LogP contribution is -2.43. The Hall–Kier alpha value is -2.16. The molecule has 1 rings (SSSR count). The van der Waals surface area contributed by atoms with E-state index in [-0.39, 0.29) is 6.54 Å². The fourth-order valence-corrected chi connectivity index (χ4v) is 1.11. The van der Waals surface area contributed by atoms with Gasteiger partial charge < -0.3 is 25.0 Å². The van der Waals surface area contributed by atoms with Crippen LogP contribution in [0.15, 0.2) is 10.9 Å². The fraction of sp³-hybridized carbons (Fsp3) is 0.556. The van der Waals surface area contributed by atoms with Crippen molar-refractivity contribution in [3.63, 3.8) is 0 Å². The third kappa shape index (κ3) is 4.78. The van der Waals surface area contributed by atoms with E-state index in [0.717, 1.165) is 0 Å². The summed E-state index contributed by atoms with van der Waals surface area (Å²) in [5.41, 5.74) is 0. The molecular weight excluding hydrogens is 244 g/mol. The number of nitrogens with one attached hydrogen (secondary N) is 2. The van der Waals surface area contributed by atoms with Gasteiger partial charge in [-0.25, -0.2) is 9.59 Å². The molecule has 0 saturated carbocycles. The molecule has 0 fully saturated rings. The first-order valence-corrected chi connectivity index (χ1v) is 5.16. The van der Waals surface area contributed by atoms with Crippen molar-refractivity contribution in [2.24, 2.45) is 0 Å². The number of urea groups is 1. The Morgan fingerprint density at radius 3 is 2.89 bits per heavy atom. The maximum atomic E-state index is 11.3. The number of hydrogen-bond donors (Lipinski definition) is 3. The number of rotatable bonds is 7. The maximum absolute atomic E-state index is 11.3. The third-order valence-electron chi connectivity index (χ3n) is 2.05. The maximum Gasteiger partial charge on any atom is 0.334 e. The predicted molar refractivity (Wildman–Crippen MR) is 57.8 cm³/mol. The second kappa shape index (κ2) is 7.22. The van der Waals surface area contributed by atoms with Crippen molar-refractivity contribution < 1.29 is 24.0 Å². The fourth-order valence-electron chi connectivity index (χ4n) is 1.11. The smallest absolute Gasteiger partial charge is 0.334 e.